The second-order valence-corrected chi connectivity index (χ2v) is 6.38. The molecule has 4 rings (SSSR count). The molecule has 1 amide bonds. The number of ketones is 1. The highest BCUT2D eigenvalue weighted by atomic mass is 35.5. The highest BCUT2D eigenvalue weighted by Gasteiger charge is 2.21. The maximum Gasteiger partial charge on any atom is 0.296 e. The average molecular weight is 394 g/mol. The van der Waals surface area contributed by atoms with Gasteiger partial charge >= 0.3 is 0 Å². The van der Waals surface area contributed by atoms with Gasteiger partial charge in [0, 0.05) is 46.7 Å². The molecule has 0 fully saturated rings. The lowest BCUT2D eigenvalue weighted by Crippen LogP contribution is -2.22. The Balaban J connectivity index is 1.75. The number of anilines is 1. The minimum atomic E-state index is -0.810. The summed E-state index contributed by atoms with van der Waals surface area (Å²) in [5.41, 5.74) is 1.34. The third-order valence-electron chi connectivity index (χ3n) is 4.15. The predicted octanol–water partition coefficient (Wildman–Crippen LogP) is 4.56. The molecule has 2 aromatic carbocycles. The third-order valence-corrected chi connectivity index (χ3v) is 4.34. The molecule has 0 bridgehead atoms. The fourth-order valence-corrected chi connectivity index (χ4v) is 2.97. The van der Waals surface area contributed by atoms with E-state index in [1.165, 1.54) is 18.6 Å². The van der Waals surface area contributed by atoms with Gasteiger partial charge in [0.2, 0.25) is 0 Å². The van der Waals surface area contributed by atoms with Crippen LogP contribution in [0.2, 0.25) is 5.02 Å². The van der Waals surface area contributed by atoms with Crippen LogP contribution in [0.1, 0.15) is 21.4 Å². The largest absolute Gasteiger partial charge is 0.342 e. The van der Waals surface area contributed by atoms with Crippen molar-refractivity contribution in [3.05, 3.63) is 95.3 Å². The number of fused-ring (bicyclic) bond motifs is 1. The molecular formula is C22H16ClN3O2. The van der Waals surface area contributed by atoms with Gasteiger partial charge in [0.25, 0.3) is 11.7 Å². The molecule has 4 aromatic rings. The molecule has 0 saturated heterocycles. The molecule has 0 aliphatic heterocycles. The molecule has 0 saturated carbocycles. The number of nitrogens with one attached hydrogen (secondary N) is 1. The van der Waals surface area contributed by atoms with Crippen molar-refractivity contribution in [3.63, 3.8) is 0 Å². The first-order chi connectivity index (χ1) is 15.3. The van der Waals surface area contributed by atoms with Gasteiger partial charge in [0.1, 0.15) is 0 Å². The van der Waals surface area contributed by atoms with Gasteiger partial charge in [0.05, 0.1) is 11.0 Å². The van der Waals surface area contributed by atoms with E-state index in [1.54, 1.807) is 41.0 Å². The smallest absolute Gasteiger partial charge is 0.296 e. The average Bonchev–Trinajstić information content (AvgIpc) is 3.18. The monoisotopic (exact) mass is 393 g/mol. The maximum absolute atomic E-state index is 12.9. The number of hydrogen-bond donors (Lipinski definition) is 1. The second kappa shape index (κ2) is 7.66. The van der Waals surface area contributed by atoms with E-state index in [0.717, 1.165) is 0 Å². The number of benzene rings is 2. The first kappa shape index (κ1) is 13.7. The first-order valence-electron chi connectivity index (χ1n) is 10.4. The summed E-state index contributed by atoms with van der Waals surface area (Å²) in [5, 5.41) is 2.83. The van der Waals surface area contributed by atoms with Crippen molar-refractivity contribution in [2.75, 3.05) is 5.32 Å². The molecule has 0 radical (unpaired) electrons. The van der Waals surface area contributed by atoms with E-state index in [-0.39, 0.29) is 46.9 Å². The lowest BCUT2D eigenvalue weighted by molar-refractivity contribution is -0.112. The predicted molar refractivity (Wildman–Crippen MR) is 110 cm³/mol. The van der Waals surface area contributed by atoms with Crippen molar-refractivity contribution in [2.45, 2.75) is 6.54 Å². The molecule has 0 aliphatic carbocycles. The van der Waals surface area contributed by atoms with E-state index >= 15 is 0 Å². The molecule has 28 heavy (non-hydrogen) atoms. The van der Waals surface area contributed by atoms with E-state index in [0.29, 0.717) is 16.6 Å². The Morgan fingerprint density at radius 2 is 1.79 bits per heavy atom. The highest BCUT2D eigenvalue weighted by Crippen LogP contribution is 2.24. The van der Waals surface area contributed by atoms with E-state index in [9.17, 15) is 9.59 Å². The van der Waals surface area contributed by atoms with Crippen molar-refractivity contribution < 1.29 is 15.1 Å². The van der Waals surface area contributed by atoms with Crippen LogP contribution in [0.15, 0.2) is 79.2 Å². The summed E-state index contributed by atoms with van der Waals surface area (Å²) in [5.74, 6) is -1.55. The van der Waals surface area contributed by atoms with Crippen LogP contribution in [0.3, 0.4) is 0 Å². The first-order valence-corrected chi connectivity index (χ1v) is 8.75. The number of carbonyl (C=O) groups is 2. The zero-order chi connectivity index (χ0) is 23.0. The Morgan fingerprint density at radius 3 is 2.54 bits per heavy atom. The second-order valence-electron chi connectivity index (χ2n) is 6.00. The zero-order valence-electron chi connectivity index (χ0n) is 18.5. The summed E-state index contributed by atoms with van der Waals surface area (Å²) in [6.45, 7) is -0.0354. The molecular weight excluding hydrogens is 374 g/mol. The standard InChI is InChI=1S/C22H16ClN3O2/c23-16-7-5-15(6-8-16)13-26-14-19(18-3-1-2-4-20(18)26)21(27)22(28)25-17-9-11-24-12-10-17/h1-12,14H,13H2,(H,24,25,28)/i5D,6D,7D,8D. The molecule has 138 valence electrons. The number of nitrogens with zero attached hydrogens (tertiary/aromatic N) is 2. The minimum absolute atomic E-state index is 0.0354. The number of pyridine rings is 1. The molecule has 2 heterocycles. The van der Waals surface area contributed by atoms with Crippen LogP contribution in [0.5, 0.6) is 0 Å². The van der Waals surface area contributed by atoms with Gasteiger partial charge < -0.3 is 9.88 Å². The van der Waals surface area contributed by atoms with Crippen molar-refractivity contribution in [1.82, 2.24) is 9.55 Å². The topological polar surface area (TPSA) is 64.0 Å². The fourth-order valence-electron chi connectivity index (χ4n) is 2.88. The Labute approximate surface area is 172 Å². The summed E-state index contributed by atoms with van der Waals surface area (Å²) >= 11 is 5.89. The number of halogens is 1. The van der Waals surface area contributed by atoms with Crippen LogP contribution in [0, 0.1) is 0 Å². The Hall–Kier alpha value is -3.44. The number of para-hydroxylation sites is 1. The number of hydrogen-bond acceptors (Lipinski definition) is 3. The molecule has 0 atom stereocenters. The van der Waals surface area contributed by atoms with Crippen molar-refractivity contribution in [1.29, 1.82) is 0 Å². The van der Waals surface area contributed by atoms with E-state index in [4.69, 9.17) is 17.1 Å². The van der Waals surface area contributed by atoms with Gasteiger partial charge in [-0.1, -0.05) is 41.9 Å². The van der Waals surface area contributed by atoms with E-state index in [1.807, 2.05) is 0 Å². The van der Waals surface area contributed by atoms with Crippen LogP contribution in [-0.2, 0) is 11.3 Å². The minimum Gasteiger partial charge on any atom is -0.342 e. The summed E-state index contributed by atoms with van der Waals surface area (Å²) in [7, 11) is 0. The number of Topliss-reactive ketones (excluding diaryl/α,β-unsaturated/α-hetero) is 1. The van der Waals surface area contributed by atoms with Crippen LogP contribution >= 0.6 is 11.6 Å². The molecule has 5 nitrogen and oxygen atoms in total. The number of aromatic nitrogens is 2. The lowest BCUT2D eigenvalue weighted by Gasteiger charge is -2.05. The molecule has 6 heteroatoms. The lowest BCUT2D eigenvalue weighted by atomic mass is 10.1. The number of carbonyl (C=O) groups excluding carboxylic acids is 2. The van der Waals surface area contributed by atoms with Crippen LogP contribution in [-0.4, -0.2) is 21.2 Å². The van der Waals surface area contributed by atoms with Crippen LogP contribution < -0.4 is 5.32 Å². The van der Waals surface area contributed by atoms with Gasteiger partial charge in [0.15, 0.2) is 0 Å². The third kappa shape index (κ3) is 3.66. The quantitative estimate of drug-likeness (QED) is 0.399. The maximum atomic E-state index is 12.9. The van der Waals surface area contributed by atoms with Gasteiger partial charge in [-0.25, -0.2) is 0 Å². The highest BCUT2D eigenvalue weighted by molar-refractivity contribution is 6.48. The van der Waals surface area contributed by atoms with Gasteiger partial charge in [-0.3, -0.25) is 14.6 Å². The fraction of sp³-hybridized carbons (Fsp3) is 0.0455. The molecule has 1 N–H and O–H groups in total. The van der Waals surface area contributed by atoms with Gasteiger partial charge in [-0.05, 0) is 35.8 Å². The zero-order valence-corrected chi connectivity index (χ0v) is 15.2. The molecule has 0 unspecified atom stereocenters. The van der Waals surface area contributed by atoms with E-state index < -0.39 is 11.7 Å². The van der Waals surface area contributed by atoms with E-state index in [2.05, 4.69) is 10.3 Å². The van der Waals surface area contributed by atoms with Gasteiger partial charge in [-0.15, -0.1) is 0 Å². The molecule has 2 aromatic heterocycles. The summed E-state index contributed by atoms with van der Waals surface area (Å²) in [4.78, 5) is 29.3. The summed E-state index contributed by atoms with van der Waals surface area (Å²) < 4.78 is 33.9. The summed E-state index contributed by atoms with van der Waals surface area (Å²) in [6, 6.07) is 8.93. The van der Waals surface area contributed by atoms with Crippen LogP contribution in [0.4, 0.5) is 5.69 Å². The number of rotatable bonds is 5. The van der Waals surface area contributed by atoms with Crippen molar-refractivity contribution in [2.24, 2.45) is 0 Å². The van der Waals surface area contributed by atoms with Crippen LogP contribution in [0.25, 0.3) is 10.9 Å². The Morgan fingerprint density at radius 1 is 1.07 bits per heavy atom. The summed E-state index contributed by atoms with van der Waals surface area (Å²) in [6.07, 6.45) is 4.48. The Kier molecular flexibility index (Phi) is 3.75. The van der Waals surface area contributed by atoms with Gasteiger partial charge in [-0.2, -0.15) is 0 Å². The normalized spacial score (nSPS) is 12.8. The SMILES string of the molecule is [2H]c1c([2H])c(Cn2cc(C(=O)C(=O)Nc3ccncc3)c3ccccc32)c([2H])c([2H])c1Cl. The number of amides is 1. The molecule has 0 spiro atoms. The van der Waals surface area contributed by atoms with Crippen molar-refractivity contribution >= 4 is 39.9 Å². The Bertz CT molecular complexity index is 1340. The molecule has 0 aliphatic rings. The van der Waals surface area contributed by atoms with Crippen molar-refractivity contribution in [3.8, 4) is 0 Å².